The molecule has 1 fully saturated rings. The topological polar surface area (TPSA) is 175 Å². The molecule has 0 saturated carbocycles. The molecule has 11 nitrogen and oxygen atoms in total. The summed E-state index contributed by atoms with van der Waals surface area (Å²) in [7, 11) is -5.66. The second-order valence-corrected chi connectivity index (χ2v) is 9.10. The van der Waals surface area contributed by atoms with Crippen LogP contribution >= 0.6 is 0 Å². The van der Waals surface area contributed by atoms with Gasteiger partial charge in [-0.15, -0.1) is 0 Å². The average molecular weight is 522 g/mol. The van der Waals surface area contributed by atoms with E-state index in [4.69, 9.17) is 14.6 Å². The van der Waals surface area contributed by atoms with E-state index < -0.39 is 58.9 Å². The maximum Gasteiger partial charge on any atom is 0.516 e. The third kappa shape index (κ3) is 5.94. The SMILES string of the molecule is O=C(O)NC1C(O)[C@@H](O)C(CO)O[C@H]1Oc1ccccc1-c1cccc(NS(=O)(=O)C(F)(F)F)c1. The third-order valence-electron chi connectivity index (χ3n) is 5.03. The molecule has 0 radical (unpaired) electrons. The van der Waals surface area contributed by atoms with Crippen LogP contribution in [-0.4, -0.2) is 77.7 Å². The summed E-state index contributed by atoms with van der Waals surface area (Å²) in [4.78, 5) is 11.2. The molecule has 35 heavy (non-hydrogen) atoms. The number of carboxylic acid groups (broad SMARTS) is 1. The molecule has 15 heteroatoms. The number of carbonyl (C=O) groups is 1. The van der Waals surface area contributed by atoms with Crippen molar-refractivity contribution in [3.63, 3.8) is 0 Å². The van der Waals surface area contributed by atoms with E-state index in [0.717, 1.165) is 12.1 Å². The Kier molecular flexibility index (Phi) is 7.76. The molecule has 3 unspecified atom stereocenters. The van der Waals surface area contributed by atoms with Crippen LogP contribution in [0.3, 0.4) is 0 Å². The van der Waals surface area contributed by atoms with Crippen molar-refractivity contribution < 1.29 is 56.3 Å². The average Bonchev–Trinajstić information content (AvgIpc) is 2.78. The minimum absolute atomic E-state index is 0.0193. The van der Waals surface area contributed by atoms with Gasteiger partial charge in [-0.3, -0.25) is 4.72 Å². The molecular formula is C20H21F3N2O9S. The highest BCUT2D eigenvalue weighted by molar-refractivity contribution is 7.93. The summed E-state index contributed by atoms with van der Waals surface area (Å²) in [5.74, 6) is 0.0193. The number of rotatable bonds is 7. The largest absolute Gasteiger partial charge is 0.516 e. The first-order chi connectivity index (χ1) is 16.3. The minimum atomic E-state index is -5.66. The number of para-hydroxylation sites is 1. The number of hydrogen-bond donors (Lipinski definition) is 6. The molecule has 6 N–H and O–H groups in total. The Balaban J connectivity index is 1.94. The number of hydrogen-bond acceptors (Lipinski definition) is 8. The number of ether oxygens (including phenoxy) is 2. The number of anilines is 1. The lowest BCUT2D eigenvalue weighted by molar-refractivity contribution is -0.243. The lowest BCUT2D eigenvalue weighted by atomic mass is 9.97. The number of nitrogens with one attached hydrogen (secondary N) is 2. The molecule has 192 valence electrons. The van der Waals surface area contributed by atoms with Crippen molar-refractivity contribution in [2.45, 2.75) is 36.2 Å². The van der Waals surface area contributed by atoms with Crippen molar-refractivity contribution in [2.24, 2.45) is 0 Å². The van der Waals surface area contributed by atoms with Crippen molar-refractivity contribution in [3.8, 4) is 16.9 Å². The summed E-state index contributed by atoms with van der Waals surface area (Å²) in [6.07, 6.45) is -7.75. The Bertz CT molecular complexity index is 1160. The summed E-state index contributed by atoms with van der Waals surface area (Å²) in [6.45, 7) is -0.721. The first kappa shape index (κ1) is 26.5. The maximum absolute atomic E-state index is 12.7. The minimum Gasteiger partial charge on any atom is -0.465 e. The quantitative estimate of drug-likeness (QED) is 0.311. The van der Waals surface area contributed by atoms with Gasteiger partial charge in [0.2, 0.25) is 6.29 Å². The van der Waals surface area contributed by atoms with Crippen molar-refractivity contribution in [3.05, 3.63) is 48.5 Å². The lowest BCUT2D eigenvalue weighted by Crippen LogP contribution is -2.65. The van der Waals surface area contributed by atoms with Gasteiger partial charge in [0.15, 0.2) is 0 Å². The van der Waals surface area contributed by atoms with E-state index in [9.17, 15) is 41.7 Å². The van der Waals surface area contributed by atoms with Gasteiger partial charge in [0, 0.05) is 11.3 Å². The van der Waals surface area contributed by atoms with Gasteiger partial charge < -0.3 is 35.2 Å². The van der Waals surface area contributed by atoms with Gasteiger partial charge in [0.25, 0.3) is 0 Å². The number of alkyl halides is 3. The second-order valence-electron chi connectivity index (χ2n) is 7.43. The van der Waals surface area contributed by atoms with E-state index in [0.29, 0.717) is 0 Å². The number of halogens is 3. The molecule has 0 bridgehead atoms. The second kappa shape index (κ2) is 10.2. The van der Waals surface area contributed by atoms with Crippen LogP contribution in [0.5, 0.6) is 5.75 Å². The summed E-state index contributed by atoms with van der Waals surface area (Å²) in [5.41, 5.74) is -5.43. The van der Waals surface area contributed by atoms with Crippen LogP contribution in [0.15, 0.2) is 48.5 Å². The number of aliphatic hydroxyl groups excluding tert-OH is 3. The van der Waals surface area contributed by atoms with E-state index in [2.05, 4.69) is 0 Å². The molecule has 1 aliphatic heterocycles. The fourth-order valence-electron chi connectivity index (χ4n) is 3.38. The highest BCUT2D eigenvalue weighted by Gasteiger charge is 2.47. The zero-order valence-corrected chi connectivity index (χ0v) is 18.4. The fraction of sp³-hybridized carbons (Fsp3) is 0.350. The molecule has 1 saturated heterocycles. The Hall–Kier alpha value is -3.11. The Morgan fingerprint density at radius 1 is 1.09 bits per heavy atom. The predicted molar refractivity (Wildman–Crippen MR) is 114 cm³/mol. The van der Waals surface area contributed by atoms with Gasteiger partial charge >= 0.3 is 21.6 Å². The Morgan fingerprint density at radius 2 is 1.77 bits per heavy atom. The van der Waals surface area contributed by atoms with Crippen LogP contribution in [0.4, 0.5) is 23.7 Å². The molecule has 1 aliphatic rings. The molecule has 2 aromatic rings. The Morgan fingerprint density at radius 3 is 2.40 bits per heavy atom. The smallest absolute Gasteiger partial charge is 0.465 e. The van der Waals surface area contributed by atoms with E-state index in [-0.39, 0.29) is 22.6 Å². The summed E-state index contributed by atoms with van der Waals surface area (Å²) < 4.78 is 73.7. The maximum atomic E-state index is 12.7. The van der Waals surface area contributed by atoms with Crippen molar-refractivity contribution in [1.29, 1.82) is 0 Å². The molecule has 1 amide bonds. The zero-order chi connectivity index (χ0) is 26.0. The van der Waals surface area contributed by atoms with Crippen LogP contribution in [0.25, 0.3) is 11.1 Å². The first-order valence-corrected chi connectivity index (χ1v) is 11.4. The van der Waals surface area contributed by atoms with E-state index >= 15 is 0 Å². The number of amides is 1. The van der Waals surface area contributed by atoms with E-state index in [1.54, 1.807) is 6.07 Å². The molecular weight excluding hydrogens is 501 g/mol. The fourth-order valence-corrected chi connectivity index (χ4v) is 3.93. The van der Waals surface area contributed by atoms with Crippen molar-refractivity contribution >= 4 is 21.8 Å². The molecule has 0 spiro atoms. The first-order valence-electron chi connectivity index (χ1n) is 9.91. The summed E-state index contributed by atoms with van der Waals surface area (Å²) >= 11 is 0. The lowest BCUT2D eigenvalue weighted by Gasteiger charge is -2.41. The zero-order valence-electron chi connectivity index (χ0n) is 17.6. The van der Waals surface area contributed by atoms with Crippen LogP contribution in [-0.2, 0) is 14.8 Å². The van der Waals surface area contributed by atoms with Crippen LogP contribution < -0.4 is 14.8 Å². The third-order valence-corrected chi connectivity index (χ3v) is 6.15. The van der Waals surface area contributed by atoms with Crippen molar-refractivity contribution in [2.75, 3.05) is 11.3 Å². The van der Waals surface area contributed by atoms with Crippen LogP contribution in [0, 0.1) is 0 Å². The van der Waals surface area contributed by atoms with Gasteiger partial charge in [-0.25, -0.2) is 4.79 Å². The number of sulfonamides is 1. The van der Waals surface area contributed by atoms with Crippen LogP contribution in [0.1, 0.15) is 0 Å². The number of benzene rings is 2. The highest BCUT2D eigenvalue weighted by Crippen LogP contribution is 2.35. The highest BCUT2D eigenvalue weighted by atomic mass is 32.2. The standard InChI is InChI=1S/C20H21F3N2O9S/c21-20(22,23)35(31,32)25-11-5-3-4-10(8-11)12-6-1-2-7-13(12)33-18-15(24-19(29)30)17(28)16(27)14(9-26)34-18/h1-8,14-18,24-28H,9H2,(H,29,30)/t14?,15?,16-,17?,18+/m0/s1. The van der Waals surface area contributed by atoms with Crippen LogP contribution in [0.2, 0.25) is 0 Å². The molecule has 1 heterocycles. The van der Waals surface area contributed by atoms with Gasteiger partial charge in [0.05, 0.1) is 6.61 Å². The summed E-state index contributed by atoms with van der Waals surface area (Å²) in [6, 6.07) is 9.48. The van der Waals surface area contributed by atoms with Gasteiger partial charge in [-0.2, -0.15) is 21.6 Å². The molecule has 0 aromatic heterocycles. The monoisotopic (exact) mass is 522 g/mol. The van der Waals surface area contributed by atoms with Gasteiger partial charge in [-0.05, 0) is 23.8 Å². The predicted octanol–water partition coefficient (Wildman–Crippen LogP) is 1.07. The Labute approximate surface area is 196 Å². The van der Waals surface area contributed by atoms with Crippen molar-refractivity contribution in [1.82, 2.24) is 5.32 Å². The van der Waals surface area contributed by atoms with Gasteiger partial charge in [0.1, 0.15) is 30.1 Å². The summed E-state index contributed by atoms with van der Waals surface area (Å²) in [5, 5.41) is 40.9. The molecule has 5 atom stereocenters. The van der Waals surface area contributed by atoms with E-state index in [1.807, 2.05) is 5.32 Å². The van der Waals surface area contributed by atoms with E-state index in [1.165, 1.54) is 35.1 Å². The molecule has 3 rings (SSSR count). The normalized spacial score (nSPS) is 25.0. The molecule has 0 aliphatic carbocycles. The number of aliphatic hydroxyl groups is 3. The van der Waals surface area contributed by atoms with Gasteiger partial charge in [-0.1, -0.05) is 30.3 Å². The molecule has 2 aromatic carbocycles.